The van der Waals surface area contributed by atoms with Crippen molar-refractivity contribution in [2.24, 2.45) is 0 Å². The van der Waals surface area contributed by atoms with Crippen molar-refractivity contribution in [1.29, 1.82) is 0 Å². The van der Waals surface area contributed by atoms with Crippen LogP contribution in [0.5, 0.6) is 0 Å². The molecule has 0 saturated carbocycles. The quantitative estimate of drug-likeness (QED) is 0.637. The van der Waals surface area contributed by atoms with Crippen LogP contribution in [-0.2, 0) is 0 Å². The zero-order valence-corrected chi connectivity index (χ0v) is 10.8. The molecule has 1 aliphatic rings. The minimum absolute atomic E-state index is 0.0491. The van der Waals surface area contributed by atoms with E-state index in [0.717, 1.165) is 25.9 Å². The van der Waals surface area contributed by atoms with Crippen LogP contribution in [0.25, 0.3) is 0 Å². The first-order valence-corrected chi connectivity index (χ1v) is 6.34. The average molecular weight is 263 g/mol. The van der Waals surface area contributed by atoms with Crippen molar-refractivity contribution >= 4 is 11.6 Å². The standard InChI is InChI=1S/C13H17N3O3/c1-9-5-10(7-12(6-9)16(18)19)13(17)15-11-3-2-4-14-8-11/h5-7,11,14H,2-4,8H2,1H3,(H,15,17)/t11-/m1/s1. The first kappa shape index (κ1) is 13.5. The molecule has 0 bridgehead atoms. The van der Waals surface area contributed by atoms with E-state index in [1.54, 1.807) is 13.0 Å². The number of nitrogens with zero attached hydrogens (tertiary/aromatic N) is 1. The van der Waals surface area contributed by atoms with Crippen LogP contribution in [0.2, 0.25) is 0 Å². The van der Waals surface area contributed by atoms with Gasteiger partial charge in [-0.3, -0.25) is 14.9 Å². The lowest BCUT2D eigenvalue weighted by atomic mass is 10.1. The van der Waals surface area contributed by atoms with Gasteiger partial charge in [0.2, 0.25) is 0 Å². The highest BCUT2D eigenvalue weighted by molar-refractivity contribution is 5.95. The summed E-state index contributed by atoms with van der Waals surface area (Å²) in [5.74, 6) is -0.250. The number of nitrogens with one attached hydrogen (secondary N) is 2. The lowest BCUT2D eigenvalue weighted by Crippen LogP contribution is -2.45. The summed E-state index contributed by atoms with van der Waals surface area (Å²) in [6.07, 6.45) is 1.96. The maximum absolute atomic E-state index is 12.1. The number of aryl methyl sites for hydroxylation is 1. The zero-order valence-electron chi connectivity index (χ0n) is 10.8. The molecule has 1 aliphatic heterocycles. The summed E-state index contributed by atoms with van der Waals surface area (Å²) in [6.45, 7) is 3.47. The van der Waals surface area contributed by atoms with Crippen LogP contribution >= 0.6 is 0 Å². The Morgan fingerprint density at radius 1 is 1.47 bits per heavy atom. The van der Waals surface area contributed by atoms with Crippen LogP contribution in [0.4, 0.5) is 5.69 Å². The van der Waals surface area contributed by atoms with Gasteiger partial charge in [-0.2, -0.15) is 0 Å². The summed E-state index contributed by atoms with van der Waals surface area (Å²) in [6, 6.07) is 4.54. The van der Waals surface area contributed by atoms with Gasteiger partial charge in [0.1, 0.15) is 0 Å². The molecule has 2 N–H and O–H groups in total. The summed E-state index contributed by atoms with van der Waals surface area (Å²) in [5, 5.41) is 16.9. The number of piperidine rings is 1. The summed E-state index contributed by atoms with van der Waals surface area (Å²) >= 11 is 0. The normalized spacial score (nSPS) is 18.9. The minimum atomic E-state index is -0.480. The Kier molecular flexibility index (Phi) is 4.11. The van der Waals surface area contributed by atoms with Gasteiger partial charge in [0.05, 0.1) is 4.92 Å². The second kappa shape index (κ2) is 5.79. The topological polar surface area (TPSA) is 84.3 Å². The molecule has 2 rings (SSSR count). The fourth-order valence-electron chi connectivity index (χ4n) is 2.24. The summed E-state index contributed by atoms with van der Waals surface area (Å²) in [4.78, 5) is 22.4. The van der Waals surface area contributed by atoms with E-state index >= 15 is 0 Å². The molecule has 0 spiro atoms. The number of benzene rings is 1. The number of carbonyl (C=O) groups is 1. The monoisotopic (exact) mass is 263 g/mol. The van der Waals surface area contributed by atoms with Crippen molar-refractivity contribution in [2.45, 2.75) is 25.8 Å². The molecule has 1 fully saturated rings. The Hall–Kier alpha value is -1.95. The third-order valence-electron chi connectivity index (χ3n) is 3.17. The van der Waals surface area contributed by atoms with Crippen LogP contribution in [0.3, 0.4) is 0 Å². The molecule has 0 unspecified atom stereocenters. The van der Waals surface area contributed by atoms with Gasteiger partial charge in [-0.05, 0) is 37.9 Å². The molecule has 1 amide bonds. The highest BCUT2D eigenvalue weighted by Gasteiger charge is 2.18. The van der Waals surface area contributed by atoms with Crippen molar-refractivity contribution in [3.63, 3.8) is 0 Å². The molecule has 6 heteroatoms. The maximum Gasteiger partial charge on any atom is 0.270 e. The lowest BCUT2D eigenvalue weighted by molar-refractivity contribution is -0.384. The molecule has 1 atom stereocenters. The van der Waals surface area contributed by atoms with Crippen LogP contribution in [-0.4, -0.2) is 30.0 Å². The number of non-ortho nitro benzene ring substituents is 1. The molecule has 1 aromatic rings. The largest absolute Gasteiger partial charge is 0.348 e. The molecule has 1 saturated heterocycles. The van der Waals surface area contributed by atoms with Crippen molar-refractivity contribution in [2.75, 3.05) is 13.1 Å². The van der Waals surface area contributed by atoms with E-state index in [1.807, 2.05) is 0 Å². The van der Waals surface area contributed by atoms with Gasteiger partial charge in [-0.15, -0.1) is 0 Å². The van der Waals surface area contributed by atoms with Crippen LogP contribution in [0.1, 0.15) is 28.8 Å². The van der Waals surface area contributed by atoms with Gasteiger partial charge in [0.25, 0.3) is 11.6 Å². The molecule has 19 heavy (non-hydrogen) atoms. The summed E-state index contributed by atoms with van der Waals surface area (Å²) in [7, 11) is 0. The third-order valence-corrected chi connectivity index (χ3v) is 3.17. The van der Waals surface area contributed by atoms with Crippen LogP contribution < -0.4 is 10.6 Å². The molecule has 0 radical (unpaired) electrons. The van der Waals surface area contributed by atoms with Crippen LogP contribution in [0, 0.1) is 17.0 Å². The zero-order chi connectivity index (χ0) is 13.8. The van der Waals surface area contributed by atoms with E-state index in [2.05, 4.69) is 10.6 Å². The van der Waals surface area contributed by atoms with Gasteiger partial charge < -0.3 is 10.6 Å². The molecular weight excluding hydrogens is 246 g/mol. The van der Waals surface area contributed by atoms with Crippen molar-refractivity contribution < 1.29 is 9.72 Å². The lowest BCUT2D eigenvalue weighted by Gasteiger charge is -2.23. The predicted octanol–water partition coefficient (Wildman–Crippen LogP) is 1.39. The number of rotatable bonds is 3. The number of nitro groups is 1. The number of hydrogen-bond donors (Lipinski definition) is 2. The van der Waals surface area contributed by atoms with Crippen molar-refractivity contribution in [3.8, 4) is 0 Å². The van der Waals surface area contributed by atoms with Gasteiger partial charge in [-0.1, -0.05) is 0 Å². The van der Waals surface area contributed by atoms with Gasteiger partial charge in [0.15, 0.2) is 0 Å². The second-order valence-corrected chi connectivity index (χ2v) is 4.83. The summed E-state index contributed by atoms with van der Waals surface area (Å²) < 4.78 is 0. The van der Waals surface area contributed by atoms with Gasteiger partial charge in [0, 0.05) is 30.3 Å². The smallest absolute Gasteiger partial charge is 0.270 e. The fraction of sp³-hybridized carbons (Fsp3) is 0.462. The van der Waals surface area contributed by atoms with Crippen molar-refractivity contribution in [3.05, 3.63) is 39.4 Å². The molecule has 102 valence electrons. The van der Waals surface area contributed by atoms with E-state index in [4.69, 9.17) is 0 Å². The average Bonchev–Trinajstić information content (AvgIpc) is 2.39. The number of amides is 1. The van der Waals surface area contributed by atoms with E-state index in [-0.39, 0.29) is 17.6 Å². The van der Waals surface area contributed by atoms with Crippen molar-refractivity contribution in [1.82, 2.24) is 10.6 Å². The van der Waals surface area contributed by atoms with Crippen LogP contribution in [0.15, 0.2) is 18.2 Å². The Bertz CT molecular complexity index is 496. The molecule has 6 nitrogen and oxygen atoms in total. The summed E-state index contributed by atoms with van der Waals surface area (Å²) in [5.41, 5.74) is 1.00. The number of hydrogen-bond acceptors (Lipinski definition) is 4. The Balaban J connectivity index is 2.11. The highest BCUT2D eigenvalue weighted by atomic mass is 16.6. The molecule has 0 aliphatic carbocycles. The highest BCUT2D eigenvalue weighted by Crippen LogP contribution is 2.17. The second-order valence-electron chi connectivity index (χ2n) is 4.83. The Labute approximate surface area is 111 Å². The van der Waals surface area contributed by atoms with E-state index in [1.165, 1.54) is 12.1 Å². The van der Waals surface area contributed by atoms with Gasteiger partial charge in [-0.25, -0.2) is 0 Å². The van der Waals surface area contributed by atoms with E-state index < -0.39 is 4.92 Å². The minimum Gasteiger partial charge on any atom is -0.348 e. The first-order chi connectivity index (χ1) is 9.06. The molecule has 1 aromatic carbocycles. The number of carbonyl (C=O) groups excluding carboxylic acids is 1. The predicted molar refractivity (Wildman–Crippen MR) is 71.2 cm³/mol. The molecular formula is C13H17N3O3. The van der Waals surface area contributed by atoms with Gasteiger partial charge >= 0.3 is 0 Å². The SMILES string of the molecule is Cc1cc(C(=O)N[C@@H]2CCCNC2)cc([N+](=O)[O-])c1. The Morgan fingerprint density at radius 3 is 2.89 bits per heavy atom. The van der Waals surface area contributed by atoms with E-state index in [0.29, 0.717) is 11.1 Å². The number of nitro benzene ring substituents is 1. The van der Waals surface area contributed by atoms with E-state index in [9.17, 15) is 14.9 Å². The maximum atomic E-state index is 12.1. The first-order valence-electron chi connectivity index (χ1n) is 6.34. The fourth-order valence-corrected chi connectivity index (χ4v) is 2.24. The Morgan fingerprint density at radius 2 is 2.26 bits per heavy atom. The molecule has 0 aromatic heterocycles. The molecule has 1 heterocycles. The third kappa shape index (κ3) is 3.51.